The summed E-state index contributed by atoms with van der Waals surface area (Å²) in [5.74, 6) is -1.41. The van der Waals surface area contributed by atoms with E-state index >= 15 is 0 Å². The summed E-state index contributed by atoms with van der Waals surface area (Å²) in [6.07, 6.45) is 0.715. The van der Waals surface area contributed by atoms with E-state index < -0.39 is 23.2 Å². The van der Waals surface area contributed by atoms with Crippen LogP contribution in [0.2, 0.25) is 0 Å². The summed E-state index contributed by atoms with van der Waals surface area (Å²) < 4.78 is 14.0. The van der Waals surface area contributed by atoms with E-state index in [2.05, 4.69) is 0 Å². The molecule has 17 heavy (non-hydrogen) atoms. The molecule has 0 amide bonds. The van der Waals surface area contributed by atoms with Crippen LogP contribution in [0.25, 0.3) is 0 Å². The van der Waals surface area contributed by atoms with Crippen molar-refractivity contribution in [1.82, 2.24) is 9.55 Å². The quantitative estimate of drug-likeness (QED) is 0.613. The molecule has 1 aliphatic carbocycles. The molecule has 1 aromatic rings. The second kappa shape index (κ2) is 4.42. The first-order valence-electron chi connectivity index (χ1n) is 5.31. The molecule has 0 aliphatic heterocycles. The number of aromatic amines is 1. The highest BCUT2D eigenvalue weighted by molar-refractivity contribution is 4.92. The Morgan fingerprint density at radius 3 is 2.76 bits per heavy atom. The van der Waals surface area contributed by atoms with E-state index in [4.69, 9.17) is 5.11 Å². The predicted molar refractivity (Wildman–Crippen MR) is 56.0 cm³/mol. The summed E-state index contributed by atoms with van der Waals surface area (Å²) in [5, 5.41) is 18.4. The molecule has 2 rings (SSSR count). The lowest BCUT2D eigenvalue weighted by atomic mass is 9.72. The molecule has 0 spiro atoms. The average Bonchev–Trinajstić information content (AvgIpc) is 2.29. The van der Waals surface area contributed by atoms with Crippen molar-refractivity contribution >= 4 is 0 Å². The van der Waals surface area contributed by atoms with E-state index in [-0.39, 0.29) is 25.0 Å². The molecule has 94 valence electrons. The first kappa shape index (κ1) is 12.0. The molecule has 1 saturated carbocycles. The van der Waals surface area contributed by atoms with E-state index in [1.807, 2.05) is 4.98 Å². The molecular formula is C10H13FN2O4. The third-order valence-corrected chi connectivity index (χ3v) is 3.20. The molecule has 6 nitrogen and oxygen atoms in total. The van der Waals surface area contributed by atoms with Crippen LogP contribution in [0.3, 0.4) is 0 Å². The van der Waals surface area contributed by atoms with Gasteiger partial charge in [0.05, 0.1) is 12.3 Å². The number of nitrogens with one attached hydrogen (secondary N) is 1. The van der Waals surface area contributed by atoms with Crippen molar-refractivity contribution in [2.75, 3.05) is 6.61 Å². The van der Waals surface area contributed by atoms with Gasteiger partial charge >= 0.3 is 5.69 Å². The molecule has 0 aromatic carbocycles. The van der Waals surface area contributed by atoms with Crippen LogP contribution >= 0.6 is 0 Å². The minimum atomic E-state index is -1.05. The molecule has 0 saturated heterocycles. The largest absolute Gasteiger partial charge is 0.396 e. The lowest BCUT2D eigenvalue weighted by molar-refractivity contribution is -0.0708. The third-order valence-electron chi connectivity index (χ3n) is 3.20. The van der Waals surface area contributed by atoms with Gasteiger partial charge in [-0.05, 0) is 6.42 Å². The monoisotopic (exact) mass is 244 g/mol. The standard InChI is InChI=1S/C10H13FN2O4/c11-7-3-13(10(17)12-9(7)16)2-5-1-6(4-14)8(5)15/h3,5-6,8,14-15H,1-2,4H2,(H,12,16,17)/t5?,6-,8?/m1/s1. The molecule has 0 radical (unpaired) electrons. The molecule has 2 unspecified atom stereocenters. The van der Waals surface area contributed by atoms with Crippen molar-refractivity contribution < 1.29 is 14.6 Å². The Morgan fingerprint density at radius 2 is 2.18 bits per heavy atom. The fourth-order valence-electron chi connectivity index (χ4n) is 2.09. The Kier molecular flexibility index (Phi) is 3.12. The maximum atomic E-state index is 13.0. The van der Waals surface area contributed by atoms with Gasteiger partial charge in [0, 0.05) is 25.0 Å². The lowest BCUT2D eigenvalue weighted by Gasteiger charge is -2.40. The summed E-state index contributed by atoms with van der Waals surface area (Å²) in [4.78, 5) is 24.0. The Labute approximate surface area is 95.3 Å². The average molecular weight is 244 g/mol. The number of H-pyrrole nitrogens is 1. The Hall–Kier alpha value is -1.47. The lowest BCUT2D eigenvalue weighted by Crippen LogP contribution is -2.47. The van der Waals surface area contributed by atoms with Gasteiger partial charge in [-0.25, -0.2) is 4.79 Å². The maximum Gasteiger partial charge on any atom is 0.328 e. The van der Waals surface area contributed by atoms with Gasteiger partial charge in [0.25, 0.3) is 5.56 Å². The highest BCUT2D eigenvalue weighted by Gasteiger charge is 2.39. The molecule has 1 fully saturated rings. The number of hydrogen-bond acceptors (Lipinski definition) is 4. The Bertz CT molecular complexity index is 524. The van der Waals surface area contributed by atoms with E-state index in [1.165, 1.54) is 0 Å². The molecule has 7 heteroatoms. The van der Waals surface area contributed by atoms with E-state index in [1.54, 1.807) is 0 Å². The van der Waals surface area contributed by atoms with Gasteiger partial charge in [-0.1, -0.05) is 0 Å². The smallest absolute Gasteiger partial charge is 0.328 e. The number of hydrogen-bond donors (Lipinski definition) is 3. The molecular weight excluding hydrogens is 231 g/mol. The second-order valence-electron chi connectivity index (χ2n) is 4.32. The van der Waals surface area contributed by atoms with Crippen molar-refractivity contribution in [3.05, 3.63) is 32.9 Å². The fraction of sp³-hybridized carbons (Fsp3) is 0.600. The van der Waals surface area contributed by atoms with Gasteiger partial charge in [-0.3, -0.25) is 14.3 Å². The van der Waals surface area contributed by atoms with Crippen LogP contribution in [0, 0.1) is 17.7 Å². The van der Waals surface area contributed by atoms with Crippen LogP contribution in [0.15, 0.2) is 15.8 Å². The van der Waals surface area contributed by atoms with Gasteiger partial charge in [-0.2, -0.15) is 4.39 Å². The van der Waals surface area contributed by atoms with Crippen LogP contribution in [0.5, 0.6) is 0 Å². The van der Waals surface area contributed by atoms with Crippen molar-refractivity contribution in [3.8, 4) is 0 Å². The minimum Gasteiger partial charge on any atom is -0.396 e. The Balaban J connectivity index is 2.13. The van der Waals surface area contributed by atoms with Crippen LogP contribution in [-0.4, -0.2) is 32.5 Å². The molecule has 1 heterocycles. The Morgan fingerprint density at radius 1 is 1.47 bits per heavy atom. The highest BCUT2D eigenvalue weighted by atomic mass is 19.1. The molecule has 0 bridgehead atoms. The zero-order chi connectivity index (χ0) is 12.6. The van der Waals surface area contributed by atoms with E-state index in [0.717, 1.165) is 10.8 Å². The predicted octanol–water partition coefficient (Wildman–Crippen LogP) is -1.33. The molecule has 1 aliphatic rings. The van der Waals surface area contributed by atoms with Gasteiger partial charge in [-0.15, -0.1) is 0 Å². The SMILES string of the molecule is O=c1[nH]c(=O)n(CC2C[C@H](CO)C2O)cc1F. The van der Waals surface area contributed by atoms with Gasteiger partial charge in [0.1, 0.15) is 0 Å². The van der Waals surface area contributed by atoms with E-state index in [0.29, 0.717) is 6.42 Å². The topological polar surface area (TPSA) is 95.3 Å². The van der Waals surface area contributed by atoms with E-state index in [9.17, 15) is 19.1 Å². The van der Waals surface area contributed by atoms with Gasteiger partial charge < -0.3 is 10.2 Å². The number of aliphatic hydroxyl groups excluding tert-OH is 2. The number of aliphatic hydroxyl groups is 2. The first-order valence-corrected chi connectivity index (χ1v) is 5.31. The summed E-state index contributed by atoms with van der Waals surface area (Å²) in [6, 6.07) is 0. The third kappa shape index (κ3) is 2.16. The minimum absolute atomic E-state index is 0.105. The number of aromatic nitrogens is 2. The summed E-state index contributed by atoms with van der Waals surface area (Å²) in [6.45, 7) is 0.0246. The van der Waals surface area contributed by atoms with Crippen molar-refractivity contribution in [3.63, 3.8) is 0 Å². The van der Waals surface area contributed by atoms with Crippen LogP contribution < -0.4 is 11.2 Å². The molecule has 3 atom stereocenters. The van der Waals surface area contributed by atoms with Crippen molar-refractivity contribution in [1.29, 1.82) is 0 Å². The summed E-state index contributed by atoms with van der Waals surface area (Å²) >= 11 is 0. The van der Waals surface area contributed by atoms with Crippen LogP contribution in [0.4, 0.5) is 4.39 Å². The molecule has 3 N–H and O–H groups in total. The number of halogens is 1. The maximum absolute atomic E-state index is 13.0. The number of nitrogens with zero attached hydrogens (tertiary/aromatic N) is 1. The highest BCUT2D eigenvalue weighted by Crippen LogP contribution is 2.34. The second-order valence-corrected chi connectivity index (χ2v) is 4.32. The fourth-order valence-corrected chi connectivity index (χ4v) is 2.09. The zero-order valence-electron chi connectivity index (χ0n) is 8.97. The first-order chi connectivity index (χ1) is 8.02. The van der Waals surface area contributed by atoms with Gasteiger partial charge in [0.15, 0.2) is 0 Å². The van der Waals surface area contributed by atoms with Crippen LogP contribution in [0.1, 0.15) is 6.42 Å². The zero-order valence-corrected chi connectivity index (χ0v) is 8.97. The van der Waals surface area contributed by atoms with Crippen LogP contribution in [-0.2, 0) is 6.54 Å². The number of rotatable bonds is 3. The summed E-state index contributed by atoms with van der Waals surface area (Å²) in [7, 11) is 0. The van der Waals surface area contributed by atoms with Gasteiger partial charge in [0.2, 0.25) is 5.82 Å². The van der Waals surface area contributed by atoms with Crippen molar-refractivity contribution in [2.45, 2.75) is 19.1 Å². The molecule has 1 aromatic heterocycles. The normalized spacial score (nSPS) is 27.8. The van der Waals surface area contributed by atoms with Crippen molar-refractivity contribution in [2.24, 2.45) is 11.8 Å². The summed E-state index contributed by atoms with van der Waals surface area (Å²) in [5.41, 5.74) is -1.75.